The molecule has 1 aliphatic heterocycles. The van der Waals surface area contributed by atoms with Crippen molar-refractivity contribution in [2.24, 2.45) is 0 Å². The molecule has 5 heteroatoms. The maximum Gasteiger partial charge on any atom is 0.159 e. The summed E-state index contributed by atoms with van der Waals surface area (Å²) in [5.74, 6) is -1.65. The minimum absolute atomic E-state index is 0.452. The van der Waals surface area contributed by atoms with Crippen LogP contribution in [0.5, 0.6) is 0 Å². The van der Waals surface area contributed by atoms with E-state index < -0.39 is 11.6 Å². The summed E-state index contributed by atoms with van der Waals surface area (Å²) in [4.78, 5) is 8.37. The maximum atomic E-state index is 13.6. The normalized spacial score (nSPS) is 14.1. The zero-order chi connectivity index (χ0) is 17.7. The number of hydrogen-bond acceptors (Lipinski definition) is 2. The van der Waals surface area contributed by atoms with Crippen LogP contribution in [0.1, 0.15) is 22.5 Å². The van der Waals surface area contributed by atoms with Crippen LogP contribution in [0, 0.1) is 11.6 Å². The topological polar surface area (TPSA) is 40.7 Å². The summed E-state index contributed by atoms with van der Waals surface area (Å²) >= 11 is 0. The first-order valence-electron chi connectivity index (χ1n) is 8.76. The second-order valence-electron chi connectivity index (χ2n) is 6.76. The number of rotatable bonds is 2. The summed E-state index contributed by atoms with van der Waals surface area (Å²) in [7, 11) is 0. The van der Waals surface area contributed by atoms with Crippen molar-refractivity contribution in [3.05, 3.63) is 76.6 Å². The molecule has 0 saturated heterocycles. The predicted octanol–water partition coefficient (Wildman–Crippen LogP) is 4.23. The van der Waals surface area contributed by atoms with Gasteiger partial charge in [0.2, 0.25) is 0 Å². The van der Waals surface area contributed by atoms with Crippen molar-refractivity contribution in [1.82, 2.24) is 15.3 Å². The van der Waals surface area contributed by atoms with Gasteiger partial charge in [0.25, 0.3) is 0 Å². The van der Waals surface area contributed by atoms with Crippen LogP contribution in [0.15, 0.2) is 42.5 Å². The third kappa shape index (κ3) is 2.39. The van der Waals surface area contributed by atoms with E-state index in [1.54, 1.807) is 6.07 Å². The van der Waals surface area contributed by atoms with Crippen LogP contribution in [0.25, 0.3) is 21.8 Å². The van der Waals surface area contributed by atoms with E-state index in [1.165, 1.54) is 28.5 Å². The van der Waals surface area contributed by atoms with Gasteiger partial charge in [-0.3, -0.25) is 4.98 Å². The summed E-state index contributed by atoms with van der Waals surface area (Å²) in [6.45, 7) is 1.67. The average Bonchev–Trinajstić information content (AvgIpc) is 3.05. The van der Waals surface area contributed by atoms with Crippen LogP contribution in [-0.2, 0) is 19.4 Å². The van der Waals surface area contributed by atoms with Crippen LogP contribution >= 0.6 is 0 Å². The van der Waals surface area contributed by atoms with Crippen molar-refractivity contribution < 1.29 is 8.78 Å². The van der Waals surface area contributed by atoms with Gasteiger partial charge >= 0.3 is 0 Å². The monoisotopic (exact) mass is 349 g/mol. The summed E-state index contributed by atoms with van der Waals surface area (Å²) in [6, 6.07) is 12.3. The molecule has 2 N–H and O–H groups in total. The van der Waals surface area contributed by atoms with E-state index >= 15 is 0 Å². The van der Waals surface area contributed by atoms with Crippen molar-refractivity contribution in [2.45, 2.75) is 19.4 Å². The molecule has 0 fully saturated rings. The standard InChI is InChI=1S/C21H17F2N3/c22-15-6-5-12(9-16(15)23)10-18-21-20(13-3-1-2-4-17(13)26-21)14-7-8-24-11-19(14)25-18/h1-6,9,24,26H,7-8,10-11H2. The number of hydrogen-bond donors (Lipinski definition) is 2. The van der Waals surface area contributed by atoms with Gasteiger partial charge in [-0.2, -0.15) is 0 Å². The Morgan fingerprint density at radius 2 is 1.92 bits per heavy atom. The molecular weight excluding hydrogens is 332 g/mol. The molecular formula is C21H17F2N3. The highest BCUT2D eigenvalue weighted by atomic mass is 19.2. The lowest BCUT2D eigenvalue weighted by atomic mass is 9.97. The number of halogens is 2. The number of pyridine rings is 1. The molecule has 0 radical (unpaired) electrons. The molecule has 1 aliphatic rings. The Labute approximate surface area is 149 Å². The first kappa shape index (κ1) is 15.5. The molecule has 0 spiro atoms. The van der Waals surface area contributed by atoms with Gasteiger partial charge in [0.1, 0.15) is 0 Å². The summed E-state index contributed by atoms with van der Waals surface area (Å²) in [6.07, 6.45) is 1.39. The van der Waals surface area contributed by atoms with Crippen LogP contribution < -0.4 is 5.32 Å². The minimum Gasteiger partial charge on any atom is -0.353 e. The predicted molar refractivity (Wildman–Crippen MR) is 98.2 cm³/mol. The number of aromatic nitrogens is 2. The molecule has 0 bridgehead atoms. The van der Waals surface area contributed by atoms with Crippen LogP contribution in [0.2, 0.25) is 0 Å². The van der Waals surface area contributed by atoms with Gasteiger partial charge in [-0.05, 0) is 42.3 Å². The second kappa shape index (κ2) is 5.88. The largest absolute Gasteiger partial charge is 0.353 e. The number of fused-ring (bicyclic) bond motifs is 5. The summed E-state index contributed by atoms with van der Waals surface area (Å²) in [5.41, 5.74) is 5.97. The highest BCUT2D eigenvalue weighted by Gasteiger charge is 2.20. The Kier molecular flexibility index (Phi) is 3.50. The Hall–Kier alpha value is -2.79. The zero-order valence-electron chi connectivity index (χ0n) is 14.1. The lowest BCUT2D eigenvalue weighted by Gasteiger charge is -2.19. The van der Waals surface area contributed by atoms with Gasteiger partial charge in [-0.1, -0.05) is 24.3 Å². The number of nitrogens with zero attached hydrogens (tertiary/aromatic N) is 1. The molecule has 3 nitrogen and oxygen atoms in total. The van der Waals surface area contributed by atoms with E-state index in [4.69, 9.17) is 4.98 Å². The number of nitrogens with one attached hydrogen (secondary N) is 2. The Morgan fingerprint density at radius 3 is 2.81 bits per heavy atom. The lowest BCUT2D eigenvalue weighted by Crippen LogP contribution is -2.25. The molecule has 0 aliphatic carbocycles. The highest BCUT2D eigenvalue weighted by molar-refractivity contribution is 6.10. The molecule has 0 saturated carbocycles. The van der Waals surface area contributed by atoms with Gasteiger partial charge in [0.05, 0.1) is 16.9 Å². The van der Waals surface area contributed by atoms with Crippen LogP contribution in [0.4, 0.5) is 8.78 Å². The number of aromatic amines is 1. The SMILES string of the molecule is Fc1ccc(Cc2nc3c(c4c2[nH]c2ccccc24)CCNC3)cc1F. The van der Waals surface area contributed by atoms with E-state index in [2.05, 4.69) is 22.4 Å². The molecule has 130 valence electrons. The van der Waals surface area contributed by atoms with E-state index in [9.17, 15) is 8.78 Å². The molecule has 5 rings (SSSR count). The van der Waals surface area contributed by atoms with Gasteiger partial charge in [-0.15, -0.1) is 0 Å². The van der Waals surface area contributed by atoms with E-state index in [-0.39, 0.29) is 0 Å². The fraction of sp³-hybridized carbons (Fsp3) is 0.190. The number of benzene rings is 2. The molecule has 2 aromatic heterocycles. The van der Waals surface area contributed by atoms with Crippen LogP contribution in [-0.4, -0.2) is 16.5 Å². The van der Waals surface area contributed by atoms with E-state index in [0.717, 1.165) is 41.9 Å². The molecule has 0 unspecified atom stereocenters. The highest BCUT2D eigenvalue weighted by Crippen LogP contribution is 2.33. The lowest BCUT2D eigenvalue weighted by molar-refractivity contribution is 0.507. The Morgan fingerprint density at radius 1 is 1.04 bits per heavy atom. The third-order valence-corrected chi connectivity index (χ3v) is 5.11. The minimum atomic E-state index is -0.827. The zero-order valence-corrected chi connectivity index (χ0v) is 14.1. The summed E-state index contributed by atoms with van der Waals surface area (Å²) in [5, 5.41) is 5.77. The first-order valence-corrected chi connectivity index (χ1v) is 8.76. The van der Waals surface area contributed by atoms with Crippen molar-refractivity contribution in [2.75, 3.05) is 6.54 Å². The maximum absolute atomic E-state index is 13.6. The molecule has 4 aromatic rings. The van der Waals surface area contributed by atoms with Gasteiger partial charge in [0, 0.05) is 29.3 Å². The number of H-pyrrole nitrogens is 1. The van der Waals surface area contributed by atoms with Gasteiger partial charge in [0.15, 0.2) is 11.6 Å². The average molecular weight is 349 g/mol. The van der Waals surface area contributed by atoms with E-state index in [0.29, 0.717) is 12.0 Å². The molecule has 2 aromatic carbocycles. The molecule has 26 heavy (non-hydrogen) atoms. The quantitative estimate of drug-likeness (QED) is 0.569. The van der Waals surface area contributed by atoms with Crippen molar-refractivity contribution >= 4 is 21.8 Å². The molecule has 3 heterocycles. The van der Waals surface area contributed by atoms with Crippen molar-refractivity contribution in [1.29, 1.82) is 0 Å². The number of para-hydroxylation sites is 1. The van der Waals surface area contributed by atoms with Gasteiger partial charge < -0.3 is 10.3 Å². The van der Waals surface area contributed by atoms with Crippen molar-refractivity contribution in [3.8, 4) is 0 Å². The fourth-order valence-electron chi connectivity index (χ4n) is 3.91. The first-order chi connectivity index (χ1) is 12.7. The molecule has 0 amide bonds. The van der Waals surface area contributed by atoms with Crippen molar-refractivity contribution in [3.63, 3.8) is 0 Å². The Balaban J connectivity index is 1.75. The van der Waals surface area contributed by atoms with Gasteiger partial charge in [-0.25, -0.2) is 8.78 Å². The third-order valence-electron chi connectivity index (χ3n) is 5.11. The fourth-order valence-corrected chi connectivity index (χ4v) is 3.91. The van der Waals surface area contributed by atoms with Crippen LogP contribution in [0.3, 0.4) is 0 Å². The Bertz CT molecular complexity index is 1150. The second-order valence-corrected chi connectivity index (χ2v) is 6.76. The van der Waals surface area contributed by atoms with E-state index in [1.807, 2.05) is 12.1 Å². The smallest absolute Gasteiger partial charge is 0.159 e. The summed E-state index contributed by atoms with van der Waals surface area (Å²) < 4.78 is 26.9. The molecule has 0 atom stereocenters.